The maximum absolute atomic E-state index is 11.9. The first-order valence-corrected chi connectivity index (χ1v) is 10.1. The van der Waals surface area contributed by atoms with E-state index in [1.807, 2.05) is 0 Å². The summed E-state index contributed by atoms with van der Waals surface area (Å²) in [6.45, 7) is 3.50. The lowest BCUT2D eigenvalue weighted by Crippen LogP contribution is -2.19. The van der Waals surface area contributed by atoms with Crippen LogP contribution in [0.5, 0.6) is 11.5 Å². The van der Waals surface area contributed by atoms with E-state index in [0.29, 0.717) is 37.1 Å². The van der Waals surface area contributed by atoms with Crippen molar-refractivity contribution in [2.24, 2.45) is 10.2 Å². The second-order valence-corrected chi connectivity index (χ2v) is 7.13. The highest BCUT2D eigenvalue weighted by molar-refractivity contribution is 6.00. The van der Waals surface area contributed by atoms with Crippen molar-refractivity contribution in [2.45, 2.75) is 46.0 Å². The maximum Gasteiger partial charge on any atom is 0.240 e. The van der Waals surface area contributed by atoms with Crippen molar-refractivity contribution in [1.29, 1.82) is 0 Å². The lowest BCUT2D eigenvalue weighted by molar-refractivity contribution is -0.121. The number of carbonyl (C=O) groups excluding carboxylic acids is 2. The monoisotopic (exact) mass is 424 g/mol. The second kappa shape index (κ2) is 12.1. The summed E-state index contributed by atoms with van der Waals surface area (Å²) in [5, 5.41) is 27.1. The van der Waals surface area contributed by atoms with Gasteiger partial charge in [0.25, 0.3) is 0 Å². The van der Waals surface area contributed by atoms with Gasteiger partial charge in [0, 0.05) is 24.0 Å². The first-order valence-electron chi connectivity index (χ1n) is 10.1. The summed E-state index contributed by atoms with van der Waals surface area (Å²) in [5.74, 6) is -0.115. The minimum atomic E-state index is -0.199. The molecule has 8 nitrogen and oxygen atoms in total. The highest BCUT2D eigenvalue weighted by atomic mass is 16.3. The fourth-order valence-corrected chi connectivity index (χ4v) is 2.74. The number of carbonyl (C=O) groups is 2. The zero-order chi connectivity index (χ0) is 22.6. The third kappa shape index (κ3) is 8.69. The van der Waals surface area contributed by atoms with E-state index in [-0.39, 0.29) is 23.3 Å². The number of nitrogens with zero attached hydrogens (tertiary/aromatic N) is 2. The molecule has 164 valence electrons. The zero-order valence-electron chi connectivity index (χ0n) is 17.8. The van der Waals surface area contributed by atoms with Gasteiger partial charge in [-0.3, -0.25) is 9.59 Å². The molecule has 0 aliphatic carbocycles. The summed E-state index contributed by atoms with van der Waals surface area (Å²) in [6.07, 6.45) is 2.64. The molecular weight excluding hydrogens is 396 g/mol. The molecule has 2 rings (SSSR count). The summed E-state index contributed by atoms with van der Waals surface area (Å²) >= 11 is 0. The minimum absolute atomic E-state index is 0.141. The van der Waals surface area contributed by atoms with E-state index in [0.717, 1.165) is 17.5 Å². The number of amides is 2. The first-order chi connectivity index (χ1) is 14.8. The topological polar surface area (TPSA) is 123 Å². The summed E-state index contributed by atoms with van der Waals surface area (Å²) in [7, 11) is 0. The number of phenols is 2. The molecule has 0 aromatic heterocycles. The van der Waals surface area contributed by atoms with E-state index in [1.54, 1.807) is 62.4 Å². The predicted molar refractivity (Wildman–Crippen MR) is 120 cm³/mol. The molecule has 2 aromatic carbocycles. The number of rotatable bonds is 10. The van der Waals surface area contributed by atoms with E-state index >= 15 is 0 Å². The fourth-order valence-electron chi connectivity index (χ4n) is 2.74. The Bertz CT molecular complexity index is 892. The Morgan fingerprint density at radius 2 is 1.16 bits per heavy atom. The van der Waals surface area contributed by atoms with Gasteiger partial charge >= 0.3 is 0 Å². The van der Waals surface area contributed by atoms with Crippen molar-refractivity contribution in [1.82, 2.24) is 10.9 Å². The van der Waals surface area contributed by atoms with Gasteiger partial charge < -0.3 is 10.2 Å². The molecule has 0 spiro atoms. The molecule has 0 saturated carbocycles. The lowest BCUT2D eigenvalue weighted by Gasteiger charge is -2.05. The Labute approximate surface area is 181 Å². The first kappa shape index (κ1) is 23.6. The van der Waals surface area contributed by atoms with E-state index in [9.17, 15) is 19.8 Å². The second-order valence-electron chi connectivity index (χ2n) is 7.13. The van der Waals surface area contributed by atoms with Crippen LogP contribution in [0.3, 0.4) is 0 Å². The van der Waals surface area contributed by atoms with Gasteiger partial charge in [0.1, 0.15) is 11.5 Å². The molecule has 8 heteroatoms. The van der Waals surface area contributed by atoms with Crippen molar-refractivity contribution in [3.8, 4) is 11.5 Å². The Morgan fingerprint density at radius 1 is 0.742 bits per heavy atom. The van der Waals surface area contributed by atoms with Gasteiger partial charge in [-0.05, 0) is 51.0 Å². The van der Waals surface area contributed by atoms with E-state index in [2.05, 4.69) is 21.1 Å². The number of aromatic hydroxyl groups is 2. The van der Waals surface area contributed by atoms with Crippen LogP contribution in [0.4, 0.5) is 0 Å². The molecule has 0 aliphatic heterocycles. The van der Waals surface area contributed by atoms with Gasteiger partial charge in [0.2, 0.25) is 11.8 Å². The van der Waals surface area contributed by atoms with E-state index in [4.69, 9.17) is 0 Å². The van der Waals surface area contributed by atoms with Crippen LogP contribution in [0.2, 0.25) is 0 Å². The van der Waals surface area contributed by atoms with Crippen molar-refractivity contribution in [3.05, 3.63) is 59.7 Å². The summed E-state index contributed by atoms with van der Waals surface area (Å²) in [5.41, 5.74) is 7.67. The van der Waals surface area contributed by atoms with Crippen LogP contribution in [0.15, 0.2) is 58.7 Å². The third-order valence-electron chi connectivity index (χ3n) is 4.53. The van der Waals surface area contributed by atoms with Crippen LogP contribution in [-0.2, 0) is 9.59 Å². The van der Waals surface area contributed by atoms with Crippen LogP contribution in [0.1, 0.15) is 57.1 Å². The Hall–Kier alpha value is -3.68. The smallest absolute Gasteiger partial charge is 0.240 e. The predicted octanol–water partition coefficient (Wildman–Crippen LogP) is 3.43. The largest absolute Gasteiger partial charge is 0.508 e. The zero-order valence-corrected chi connectivity index (χ0v) is 17.8. The fraction of sp³-hybridized carbons (Fsp3) is 0.304. The average Bonchev–Trinajstić information content (AvgIpc) is 2.75. The molecule has 0 heterocycles. The number of phenolic OH excluding ortho intramolecular Hbond substituents is 2. The maximum atomic E-state index is 11.9. The minimum Gasteiger partial charge on any atom is -0.508 e. The molecule has 0 unspecified atom stereocenters. The lowest BCUT2D eigenvalue weighted by atomic mass is 10.1. The number of hydrazone groups is 2. The molecular formula is C23H28N4O4. The van der Waals surface area contributed by atoms with Gasteiger partial charge in [-0.25, -0.2) is 10.9 Å². The van der Waals surface area contributed by atoms with Crippen LogP contribution in [0, 0.1) is 0 Å². The molecule has 2 aromatic rings. The highest BCUT2D eigenvalue weighted by Crippen LogP contribution is 2.12. The van der Waals surface area contributed by atoms with Gasteiger partial charge in [-0.1, -0.05) is 30.7 Å². The molecule has 0 atom stereocenters. The highest BCUT2D eigenvalue weighted by Gasteiger charge is 2.05. The van der Waals surface area contributed by atoms with Crippen molar-refractivity contribution in [2.75, 3.05) is 0 Å². The van der Waals surface area contributed by atoms with E-state index < -0.39 is 0 Å². The number of hydrogen-bond acceptors (Lipinski definition) is 6. The standard InChI is InChI=1S/C23H28N4O4/c1-16(18-8-6-10-20(28)14-18)24-26-22(30)12-4-3-5-13-23(31)27-25-17(2)19-9-7-11-21(29)15-19/h6-11,14-15,28-29H,3-5,12-13H2,1-2H3,(H,26,30)(H,27,31). The molecule has 4 N–H and O–H groups in total. The van der Waals surface area contributed by atoms with Crippen LogP contribution in [0.25, 0.3) is 0 Å². The number of unbranched alkanes of at least 4 members (excludes halogenated alkanes) is 2. The summed E-state index contributed by atoms with van der Waals surface area (Å²) in [4.78, 5) is 23.8. The van der Waals surface area contributed by atoms with Crippen LogP contribution < -0.4 is 10.9 Å². The van der Waals surface area contributed by atoms with Crippen LogP contribution in [-0.4, -0.2) is 33.5 Å². The third-order valence-corrected chi connectivity index (χ3v) is 4.53. The van der Waals surface area contributed by atoms with Crippen molar-refractivity contribution in [3.63, 3.8) is 0 Å². The molecule has 0 radical (unpaired) electrons. The van der Waals surface area contributed by atoms with Gasteiger partial charge in [-0.15, -0.1) is 0 Å². The van der Waals surface area contributed by atoms with Gasteiger partial charge in [0.05, 0.1) is 11.4 Å². The number of nitrogens with one attached hydrogen (secondary N) is 2. The Balaban J connectivity index is 1.63. The van der Waals surface area contributed by atoms with Gasteiger partial charge in [-0.2, -0.15) is 10.2 Å². The molecule has 0 fully saturated rings. The average molecular weight is 425 g/mol. The van der Waals surface area contributed by atoms with Crippen molar-refractivity contribution >= 4 is 23.2 Å². The summed E-state index contributed by atoms with van der Waals surface area (Å²) < 4.78 is 0. The Kier molecular flexibility index (Phi) is 9.22. The van der Waals surface area contributed by atoms with Crippen LogP contribution >= 0.6 is 0 Å². The molecule has 2 amide bonds. The van der Waals surface area contributed by atoms with Crippen molar-refractivity contribution < 1.29 is 19.8 Å². The normalized spacial score (nSPS) is 11.8. The van der Waals surface area contributed by atoms with E-state index in [1.165, 1.54) is 0 Å². The number of benzene rings is 2. The van der Waals surface area contributed by atoms with Gasteiger partial charge in [0.15, 0.2) is 0 Å². The quantitative estimate of drug-likeness (QED) is 0.265. The molecule has 0 aliphatic rings. The number of hydrogen-bond donors (Lipinski definition) is 4. The SMILES string of the molecule is CC(=NNC(=O)CCCCCC(=O)NN=C(C)c1cccc(O)c1)c1cccc(O)c1. The molecule has 31 heavy (non-hydrogen) atoms. The Morgan fingerprint density at radius 3 is 1.55 bits per heavy atom. The molecule has 0 bridgehead atoms. The summed E-state index contributed by atoms with van der Waals surface area (Å²) in [6, 6.07) is 13.3. The molecule has 0 saturated heterocycles.